The van der Waals surface area contributed by atoms with Crippen molar-refractivity contribution in [3.8, 4) is 0 Å². The summed E-state index contributed by atoms with van der Waals surface area (Å²) in [5, 5.41) is 122. The van der Waals surface area contributed by atoms with Gasteiger partial charge in [-0.05, 0) is 126 Å². The number of Topliss-reactive ketones (excluding diaryl/α,β-unsaturated/α-hetero) is 1. The van der Waals surface area contributed by atoms with Crippen molar-refractivity contribution in [1.82, 2.24) is 0 Å². The Morgan fingerprint density at radius 1 is 0.613 bits per heavy atom. The van der Waals surface area contributed by atoms with Gasteiger partial charge in [0, 0.05) is 18.8 Å². The van der Waals surface area contributed by atoms with Gasteiger partial charge in [0.25, 0.3) is 0 Å². The Bertz CT molecular complexity index is 2070. The van der Waals surface area contributed by atoms with E-state index in [1.165, 1.54) is 20.8 Å². The summed E-state index contributed by atoms with van der Waals surface area (Å²) in [6.45, 7) is 20.2. The fourth-order valence-electron chi connectivity index (χ4n) is 15.7. The summed E-state index contributed by atoms with van der Waals surface area (Å²) < 4.78 is 49.9. The number of aliphatic hydroxyl groups excluding tert-OH is 10. The van der Waals surface area contributed by atoms with Crippen molar-refractivity contribution >= 4 is 11.6 Å². The number of ketones is 2. The van der Waals surface area contributed by atoms with Crippen molar-refractivity contribution in [3.63, 3.8) is 0 Å². The van der Waals surface area contributed by atoms with Gasteiger partial charge >= 0.3 is 0 Å². The predicted octanol–water partition coefficient (Wildman–Crippen LogP) is 0.267. The zero-order valence-corrected chi connectivity index (χ0v) is 45.4. The highest BCUT2D eigenvalue weighted by molar-refractivity contribution is 5.91. The van der Waals surface area contributed by atoms with Crippen LogP contribution in [0, 0.1) is 45.3 Å². The number of carbonyl (C=O) groups excluding carboxylic acids is 2. The minimum Gasteiger partial charge on any atom is -0.389 e. The SMILES string of the molecule is CC(C)=CC(=O)CC(C)(O)C1CCC2(C)C1C(=O)CC1C3(C)CCC(O[C@@H]4O[C@H](CO[C@@H]5O[C@@H](C)[C@H](O)[C@@H](O)[C@H]5O)[C@@H](O)[C@@H](O[C@@H]5O[C@@H](C)[C@@H](O)[C@@H](O)[C@H]5O)[C@H]4O[C@@H]4O[C@@H](C)[C@@H](O)[C@@H](O)[C@H]4O)C(C)(C)C3CCC12C. The van der Waals surface area contributed by atoms with E-state index in [0.29, 0.717) is 25.7 Å². The molecule has 0 amide bonds. The van der Waals surface area contributed by atoms with Crippen molar-refractivity contribution in [2.24, 2.45) is 45.3 Å². The second-order valence-corrected chi connectivity index (χ2v) is 25.6. The topological polar surface area (TPSA) is 331 Å². The van der Waals surface area contributed by atoms with Crippen LogP contribution in [-0.2, 0) is 47.5 Å². The molecule has 8 aliphatic rings. The van der Waals surface area contributed by atoms with Crippen LogP contribution in [-0.4, -0.2) is 209 Å². The number of ether oxygens (including phenoxy) is 8. The minimum atomic E-state index is -1.87. The molecule has 4 aliphatic carbocycles. The number of aliphatic hydroxyl groups is 11. The van der Waals surface area contributed by atoms with Gasteiger partial charge in [0.2, 0.25) is 0 Å². The van der Waals surface area contributed by atoms with Crippen LogP contribution in [0.25, 0.3) is 0 Å². The van der Waals surface area contributed by atoms with Gasteiger partial charge in [-0.1, -0.05) is 40.2 Å². The van der Waals surface area contributed by atoms with E-state index in [-0.39, 0.29) is 46.6 Å². The molecule has 0 aromatic rings. The van der Waals surface area contributed by atoms with Crippen LogP contribution in [0.3, 0.4) is 0 Å². The Hall–Kier alpha value is -1.68. The number of hydrogen-bond acceptors (Lipinski definition) is 21. The Kier molecular flexibility index (Phi) is 17.2. The fraction of sp³-hybridized carbons (Fsp3) is 0.926. The third-order valence-corrected chi connectivity index (χ3v) is 20.2. The third-order valence-electron chi connectivity index (χ3n) is 20.2. The maximum Gasteiger partial charge on any atom is 0.187 e. The minimum absolute atomic E-state index is 0.0358. The monoisotopic (exact) mass is 1070 g/mol. The van der Waals surface area contributed by atoms with Crippen LogP contribution >= 0.6 is 0 Å². The molecular formula is C54H88O21. The standard InChI is InChI=1S/C54H88O21/c1-22(2)18-26(55)20-54(11,67)27-12-16-53(10)33(27)28(56)19-31-51(8)15-14-32(50(6,7)30(51)13-17-52(31,53)9)73-49-45(75-48-43(66)40(63)36(59)25(5)71-48)44(74-47-42(65)39(62)35(58)24(4)70-47)37(60)29(72-49)21-68-46-41(64)38(61)34(57)23(3)69-46/h18,23-25,27,29-49,57-67H,12-17,19-21H2,1-11H3/t23-,24-,25-,27?,29+,30?,31?,32?,33?,34-,35+,36+,37+,38+,39+,40+,41+,42+,43+,44+,45+,46+,47-,48-,49-,51?,52?,53?,54?/m0/s1. The smallest absolute Gasteiger partial charge is 0.187 e. The maximum atomic E-state index is 14.8. The lowest BCUT2D eigenvalue weighted by Gasteiger charge is -2.69. The number of hydrogen-bond donors (Lipinski definition) is 11. The summed E-state index contributed by atoms with van der Waals surface area (Å²) in [7, 11) is 0. The summed E-state index contributed by atoms with van der Waals surface area (Å²) in [6.07, 6.45) is -26.2. The Labute approximate surface area is 439 Å². The largest absolute Gasteiger partial charge is 0.389 e. The average molecular weight is 1070 g/mol. The zero-order valence-electron chi connectivity index (χ0n) is 45.4. The molecule has 75 heavy (non-hydrogen) atoms. The molecule has 4 heterocycles. The lowest BCUT2D eigenvalue weighted by Crippen LogP contribution is -2.68. The Morgan fingerprint density at radius 3 is 1.67 bits per heavy atom. The molecule has 4 aliphatic heterocycles. The molecule has 0 spiro atoms. The highest BCUT2D eigenvalue weighted by atomic mass is 16.8. The van der Waals surface area contributed by atoms with Crippen LogP contribution in [0.1, 0.15) is 128 Å². The van der Waals surface area contributed by atoms with Gasteiger partial charge in [-0.25, -0.2) is 0 Å². The molecule has 8 fully saturated rings. The van der Waals surface area contributed by atoms with E-state index in [0.717, 1.165) is 24.8 Å². The summed E-state index contributed by atoms with van der Waals surface area (Å²) in [6, 6.07) is 0. The Balaban J connectivity index is 1.10. The highest BCUT2D eigenvalue weighted by Gasteiger charge is 2.72. The van der Waals surface area contributed by atoms with E-state index >= 15 is 0 Å². The van der Waals surface area contributed by atoms with Crippen LogP contribution in [0.5, 0.6) is 0 Å². The van der Waals surface area contributed by atoms with Gasteiger partial charge in [0.05, 0.1) is 36.6 Å². The summed E-state index contributed by atoms with van der Waals surface area (Å²) >= 11 is 0. The second kappa shape index (κ2) is 21.7. The van der Waals surface area contributed by atoms with E-state index in [1.807, 2.05) is 13.8 Å². The van der Waals surface area contributed by atoms with Gasteiger partial charge in [-0.15, -0.1) is 0 Å². The molecule has 4 saturated carbocycles. The predicted molar refractivity (Wildman–Crippen MR) is 261 cm³/mol. The first-order chi connectivity index (χ1) is 34.8. The molecule has 8 rings (SSSR count). The van der Waals surface area contributed by atoms with Crippen molar-refractivity contribution in [1.29, 1.82) is 0 Å². The van der Waals surface area contributed by atoms with Crippen molar-refractivity contribution in [3.05, 3.63) is 11.6 Å². The highest BCUT2D eigenvalue weighted by Crippen LogP contribution is 2.75. The summed E-state index contributed by atoms with van der Waals surface area (Å²) in [4.78, 5) is 27.9. The molecule has 29 atom stereocenters. The van der Waals surface area contributed by atoms with Gasteiger partial charge in [0.15, 0.2) is 30.9 Å². The molecule has 21 heteroatoms. The Morgan fingerprint density at radius 2 is 1.12 bits per heavy atom. The molecule has 4 saturated heterocycles. The molecule has 0 aromatic heterocycles. The van der Waals surface area contributed by atoms with E-state index in [4.69, 9.17) is 37.9 Å². The van der Waals surface area contributed by atoms with E-state index in [9.17, 15) is 65.8 Å². The molecule has 0 bridgehead atoms. The lowest BCUT2D eigenvalue weighted by atomic mass is 9.35. The first kappa shape index (κ1) is 59.4. The normalized spacial score (nSPS) is 52.7. The van der Waals surface area contributed by atoms with Crippen LogP contribution in [0.4, 0.5) is 0 Å². The fourth-order valence-corrected chi connectivity index (χ4v) is 15.7. The zero-order chi connectivity index (χ0) is 55.4. The second-order valence-electron chi connectivity index (χ2n) is 25.6. The molecule has 0 radical (unpaired) electrons. The number of fused-ring (bicyclic) bond motifs is 5. The lowest BCUT2D eigenvalue weighted by molar-refractivity contribution is -0.400. The summed E-state index contributed by atoms with van der Waals surface area (Å²) in [5.41, 5.74) is -2.35. The van der Waals surface area contributed by atoms with Crippen LogP contribution in [0.15, 0.2) is 11.6 Å². The van der Waals surface area contributed by atoms with Gasteiger partial charge < -0.3 is 94.1 Å². The average Bonchev–Trinajstić information content (AvgIpc) is 3.72. The molecular weight excluding hydrogens is 985 g/mol. The number of carbonyl (C=O) groups is 2. The number of allylic oxidation sites excluding steroid dienone is 2. The van der Waals surface area contributed by atoms with Crippen molar-refractivity contribution < 1.29 is 104 Å². The van der Waals surface area contributed by atoms with Gasteiger partial charge in [-0.3, -0.25) is 9.59 Å². The van der Waals surface area contributed by atoms with Crippen LogP contribution in [0.2, 0.25) is 0 Å². The molecule has 11 N–H and O–H groups in total. The molecule has 9 unspecified atom stereocenters. The first-order valence-corrected chi connectivity index (χ1v) is 27.2. The van der Waals surface area contributed by atoms with Crippen LogP contribution < -0.4 is 0 Å². The van der Waals surface area contributed by atoms with Gasteiger partial charge in [-0.2, -0.15) is 0 Å². The number of rotatable bonds is 13. The maximum absolute atomic E-state index is 14.8. The van der Waals surface area contributed by atoms with E-state index in [1.54, 1.807) is 13.0 Å². The van der Waals surface area contributed by atoms with E-state index < -0.39 is 158 Å². The van der Waals surface area contributed by atoms with E-state index in [2.05, 4.69) is 34.6 Å². The van der Waals surface area contributed by atoms with Gasteiger partial charge in [0.1, 0.15) is 85.1 Å². The van der Waals surface area contributed by atoms with Crippen molar-refractivity contribution in [2.45, 2.75) is 262 Å². The summed E-state index contributed by atoms with van der Waals surface area (Å²) in [5.74, 6) is -0.942. The molecule has 21 nitrogen and oxygen atoms in total. The quantitative estimate of drug-likeness (QED) is 0.0871. The van der Waals surface area contributed by atoms with Crippen molar-refractivity contribution in [2.75, 3.05) is 6.61 Å². The third kappa shape index (κ3) is 10.4. The molecule has 430 valence electrons. The molecule has 0 aromatic carbocycles. The first-order valence-electron chi connectivity index (χ1n) is 27.2.